The highest BCUT2D eigenvalue weighted by molar-refractivity contribution is 5.37. The van der Waals surface area contributed by atoms with E-state index in [1.54, 1.807) is 7.11 Å². The third kappa shape index (κ3) is 5.90. The minimum Gasteiger partial charge on any atom is -0.496 e. The number of nitrogens with one attached hydrogen (secondary N) is 1. The number of methoxy groups -OCH3 is 1. The first-order valence-corrected chi connectivity index (χ1v) is 7.17. The van der Waals surface area contributed by atoms with Gasteiger partial charge in [0.15, 0.2) is 0 Å². The lowest BCUT2D eigenvalue weighted by molar-refractivity contribution is 0.0626. The van der Waals surface area contributed by atoms with Gasteiger partial charge in [-0.05, 0) is 45.6 Å². The first kappa shape index (κ1) is 17.0. The van der Waals surface area contributed by atoms with Gasteiger partial charge in [-0.25, -0.2) is 0 Å². The van der Waals surface area contributed by atoms with Crippen molar-refractivity contribution in [3.05, 3.63) is 29.3 Å². The molecule has 0 radical (unpaired) electrons. The summed E-state index contributed by atoms with van der Waals surface area (Å²) in [4.78, 5) is 2.25. The van der Waals surface area contributed by atoms with Crippen molar-refractivity contribution in [3.63, 3.8) is 0 Å². The summed E-state index contributed by atoms with van der Waals surface area (Å²) in [6, 6.07) is 6.34. The lowest BCUT2D eigenvalue weighted by Gasteiger charge is -2.19. The zero-order valence-electron chi connectivity index (χ0n) is 13.4. The summed E-state index contributed by atoms with van der Waals surface area (Å²) in [6.07, 6.45) is 0.289. The molecule has 0 saturated carbocycles. The molecule has 0 aliphatic carbocycles. The molecule has 4 nitrogen and oxygen atoms in total. The van der Waals surface area contributed by atoms with Crippen molar-refractivity contribution in [3.8, 4) is 5.75 Å². The monoisotopic (exact) mass is 280 g/mol. The predicted octanol–water partition coefficient (Wildman–Crippen LogP) is 2.27. The van der Waals surface area contributed by atoms with E-state index in [-0.39, 0.29) is 6.10 Å². The van der Waals surface area contributed by atoms with E-state index in [1.165, 1.54) is 11.1 Å². The Bertz CT molecular complexity index is 394. The topological polar surface area (TPSA) is 33.7 Å². The van der Waals surface area contributed by atoms with E-state index in [0.29, 0.717) is 0 Å². The molecule has 0 saturated heterocycles. The summed E-state index contributed by atoms with van der Waals surface area (Å²) in [5.74, 6) is 0.946. The van der Waals surface area contributed by atoms with Gasteiger partial charge in [-0.15, -0.1) is 0 Å². The Morgan fingerprint density at radius 2 is 2.05 bits per heavy atom. The van der Waals surface area contributed by atoms with Gasteiger partial charge in [0, 0.05) is 25.2 Å². The molecule has 20 heavy (non-hydrogen) atoms. The summed E-state index contributed by atoms with van der Waals surface area (Å²) < 4.78 is 11.0. The van der Waals surface area contributed by atoms with Crippen LogP contribution in [0.2, 0.25) is 0 Å². The molecule has 0 atom stereocenters. The van der Waals surface area contributed by atoms with E-state index < -0.39 is 0 Å². The summed E-state index contributed by atoms with van der Waals surface area (Å²) in [7, 11) is 5.78. The maximum Gasteiger partial charge on any atom is 0.123 e. The SMILES string of the molecule is CNCc1ccc(OC)c(CN(C)CCOC(C)C)c1. The summed E-state index contributed by atoms with van der Waals surface area (Å²) in [5.41, 5.74) is 2.49. The molecule has 0 heterocycles. The fourth-order valence-corrected chi connectivity index (χ4v) is 2.08. The maximum atomic E-state index is 5.59. The molecule has 0 spiro atoms. The van der Waals surface area contributed by atoms with Crippen LogP contribution in [0.15, 0.2) is 18.2 Å². The molecule has 1 rings (SSSR count). The Kier molecular flexibility index (Phi) is 7.59. The van der Waals surface area contributed by atoms with Gasteiger partial charge < -0.3 is 14.8 Å². The van der Waals surface area contributed by atoms with Crippen LogP contribution >= 0.6 is 0 Å². The smallest absolute Gasteiger partial charge is 0.123 e. The fourth-order valence-electron chi connectivity index (χ4n) is 2.08. The molecule has 1 N–H and O–H groups in total. The largest absolute Gasteiger partial charge is 0.496 e. The van der Waals surface area contributed by atoms with Crippen LogP contribution in [0, 0.1) is 0 Å². The van der Waals surface area contributed by atoms with Crippen LogP contribution in [-0.4, -0.2) is 45.4 Å². The molecule has 0 fully saturated rings. The van der Waals surface area contributed by atoms with Crippen LogP contribution < -0.4 is 10.1 Å². The van der Waals surface area contributed by atoms with E-state index in [1.807, 2.05) is 13.1 Å². The Labute approximate surface area is 123 Å². The minimum absolute atomic E-state index is 0.289. The van der Waals surface area contributed by atoms with Gasteiger partial charge >= 0.3 is 0 Å². The van der Waals surface area contributed by atoms with Crippen LogP contribution in [0.1, 0.15) is 25.0 Å². The number of rotatable bonds is 9. The average molecular weight is 280 g/mol. The molecule has 1 aromatic rings. The quantitative estimate of drug-likeness (QED) is 0.752. The van der Waals surface area contributed by atoms with Gasteiger partial charge in [-0.2, -0.15) is 0 Å². The van der Waals surface area contributed by atoms with Gasteiger partial charge in [0.1, 0.15) is 5.75 Å². The molecule has 4 heteroatoms. The molecule has 0 bridgehead atoms. The van der Waals surface area contributed by atoms with E-state index >= 15 is 0 Å². The number of hydrogen-bond acceptors (Lipinski definition) is 4. The molecule has 0 aromatic heterocycles. The Hall–Kier alpha value is -1.10. The number of ether oxygens (including phenoxy) is 2. The van der Waals surface area contributed by atoms with Crippen LogP contribution in [0.25, 0.3) is 0 Å². The second kappa shape index (κ2) is 8.95. The zero-order valence-corrected chi connectivity index (χ0v) is 13.4. The minimum atomic E-state index is 0.289. The highest BCUT2D eigenvalue weighted by atomic mass is 16.5. The van der Waals surface area contributed by atoms with Crippen LogP contribution in [-0.2, 0) is 17.8 Å². The second-order valence-electron chi connectivity index (χ2n) is 5.33. The highest BCUT2D eigenvalue weighted by Gasteiger charge is 2.08. The van der Waals surface area contributed by atoms with Gasteiger partial charge in [0.05, 0.1) is 19.8 Å². The lowest BCUT2D eigenvalue weighted by Crippen LogP contribution is -2.24. The van der Waals surface area contributed by atoms with Gasteiger partial charge in [0.2, 0.25) is 0 Å². The molecule has 114 valence electrons. The van der Waals surface area contributed by atoms with Crippen molar-refractivity contribution in [2.24, 2.45) is 0 Å². The zero-order chi connectivity index (χ0) is 15.0. The standard InChI is InChI=1S/C16H28N2O2/c1-13(2)20-9-8-18(4)12-15-10-14(11-17-3)6-7-16(15)19-5/h6-7,10,13,17H,8-9,11-12H2,1-5H3. The first-order valence-electron chi connectivity index (χ1n) is 7.17. The Balaban J connectivity index is 2.61. The Morgan fingerprint density at radius 3 is 2.65 bits per heavy atom. The van der Waals surface area contributed by atoms with Crippen molar-refractivity contribution < 1.29 is 9.47 Å². The van der Waals surface area contributed by atoms with E-state index in [0.717, 1.165) is 32.0 Å². The van der Waals surface area contributed by atoms with Crippen LogP contribution in [0.5, 0.6) is 5.75 Å². The van der Waals surface area contributed by atoms with Crippen molar-refractivity contribution in [1.82, 2.24) is 10.2 Å². The summed E-state index contributed by atoms with van der Waals surface area (Å²) in [6.45, 7) is 7.53. The molecular weight excluding hydrogens is 252 g/mol. The van der Waals surface area contributed by atoms with Crippen molar-refractivity contribution in [1.29, 1.82) is 0 Å². The molecule has 0 amide bonds. The normalized spacial score (nSPS) is 11.3. The molecule has 1 aromatic carbocycles. The first-order chi connectivity index (χ1) is 9.56. The third-order valence-electron chi connectivity index (χ3n) is 3.09. The predicted molar refractivity (Wildman–Crippen MR) is 83.2 cm³/mol. The number of likely N-dealkylation sites (N-methyl/N-ethyl adjacent to an activating group) is 1. The lowest BCUT2D eigenvalue weighted by atomic mass is 10.1. The van der Waals surface area contributed by atoms with Crippen molar-refractivity contribution >= 4 is 0 Å². The molecule has 0 aliphatic heterocycles. The Morgan fingerprint density at radius 1 is 1.30 bits per heavy atom. The van der Waals surface area contributed by atoms with E-state index in [4.69, 9.17) is 9.47 Å². The van der Waals surface area contributed by atoms with Gasteiger partial charge in [-0.3, -0.25) is 4.90 Å². The van der Waals surface area contributed by atoms with E-state index in [2.05, 4.69) is 43.2 Å². The molecule has 0 aliphatic rings. The summed E-state index contributed by atoms with van der Waals surface area (Å²) >= 11 is 0. The van der Waals surface area contributed by atoms with Gasteiger partial charge in [-0.1, -0.05) is 6.07 Å². The second-order valence-corrected chi connectivity index (χ2v) is 5.33. The maximum absolute atomic E-state index is 5.59. The van der Waals surface area contributed by atoms with Crippen molar-refractivity contribution in [2.45, 2.75) is 33.0 Å². The molecular formula is C16H28N2O2. The third-order valence-corrected chi connectivity index (χ3v) is 3.09. The fraction of sp³-hybridized carbons (Fsp3) is 0.625. The highest BCUT2D eigenvalue weighted by Crippen LogP contribution is 2.21. The number of benzene rings is 1. The van der Waals surface area contributed by atoms with Gasteiger partial charge in [0.25, 0.3) is 0 Å². The van der Waals surface area contributed by atoms with Crippen molar-refractivity contribution in [2.75, 3.05) is 34.4 Å². The average Bonchev–Trinajstić information content (AvgIpc) is 2.39. The summed E-state index contributed by atoms with van der Waals surface area (Å²) in [5, 5.41) is 3.17. The van der Waals surface area contributed by atoms with Crippen LogP contribution in [0.3, 0.4) is 0 Å². The van der Waals surface area contributed by atoms with E-state index in [9.17, 15) is 0 Å². The van der Waals surface area contributed by atoms with Crippen LogP contribution in [0.4, 0.5) is 0 Å². The molecule has 0 unspecified atom stereocenters. The number of nitrogens with zero attached hydrogens (tertiary/aromatic N) is 1. The number of hydrogen-bond donors (Lipinski definition) is 1.